The molecule has 8 heteroatoms. The third-order valence-electron chi connectivity index (χ3n) is 5.01. The molecular formula is C19H24ClFN4O2. The third kappa shape index (κ3) is 4.48. The summed E-state index contributed by atoms with van der Waals surface area (Å²) < 4.78 is 19.3. The lowest BCUT2D eigenvalue weighted by atomic mass is 10.1. The predicted molar refractivity (Wildman–Crippen MR) is 101 cm³/mol. The third-order valence-corrected chi connectivity index (χ3v) is 5.01. The Morgan fingerprint density at radius 3 is 3.07 bits per heavy atom. The van der Waals surface area contributed by atoms with Crippen molar-refractivity contribution in [2.75, 3.05) is 19.7 Å². The topological polar surface area (TPSA) is 70.2 Å². The van der Waals surface area contributed by atoms with E-state index < -0.39 is 0 Å². The molecule has 0 bridgehead atoms. The van der Waals surface area contributed by atoms with Gasteiger partial charge in [0.05, 0.1) is 6.10 Å². The first-order valence-electron chi connectivity index (χ1n) is 9.13. The second-order valence-electron chi connectivity index (χ2n) is 6.91. The highest BCUT2D eigenvalue weighted by Crippen LogP contribution is 2.21. The van der Waals surface area contributed by atoms with Crippen molar-refractivity contribution in [1.29, 1.82) is 0 Å². The Bertz CT molecular complexity index is 792. The van der Waals surface area contributed by atoms with Gasteiger partial charge in [-0.1, -0.05) is 12.1 Å². The van der Waals surface area contributed by atoms with E-state index in [0.29, 0.717) is 25.3 Å². The Balaban J connectivity index is 0.00000210. The van der Waals surface area contributed by atoms with Crippen molar-refractivity contribution in [3.63, 3.8) is 0 Å². The Labute approximate surface area is 163 Å². The molecule has 1 atom stereocenters. The van der Waals surface area contributed by atoms with Crippen LogP contribution in [0.15, 0.2) is 24.3 Å². The molecule has 1 amide bonds. The van der Waals surface area contributed by atoms with Gasteiger partial charge in [-0.2, -0.15) is 5.10 Å². The number of carbonyl (C=O) groups is 1. The van der Waals surface area contributed by atoms with Gasteiger partial charge in [0, 0.05) is 50.5 Å². The lowest BCUT2D eigenvalue weighted by molar-refractivity contribution is 0.0501. The first kappa shape index (κ1) is 19.8. The molecule has 0 spiro atoms. The van der Waals surface area contributed by atoms with Crippen molar-refractivity contribution in [1.82, 2.24) is 20.4 Å². The fraction of sp³-hybridized carbons (Fsp3) is 0.474. The molecule has 146 valence electrons. The number of fused-ring (bicyclic) bond motifs is 1. The number of benzene rings is 1. The maximum atomic E-state index is 13.6. The van der Waals surface area contributed by atoms with E-state index in [-0.39, 0.29) is 30.2 Å². The van der Waals surface area contributed by atoms with E-state index >= 15 is 0 Å². The highest BCUT2D eigenvalue weighted by atomic mass is 35.5. The first-order chi connectivity index (χ1) is 12.7. The summed E-state index contributed by atoms with van der Waals surface area (Å²) >= 11 is 0. The SMILES string of the molecule is Cl.O=C(c1n[nH]c2c1CNCC2)N(Cc1cccc(F)c1)CC1CCCO1. The molecule has 2 aliphatic rings. The number of hydrogen-bond acceptors (Lipinski definition) is 4. The van der Waals surface area contributed by atoms with Crippen LogP contribution >= 0.6 is 12.4 Å². The number of nitrogens with one attached hydrogen (secondary N) is 2. The number of rotatable bonds is 5. The molecule has 1 fully saturated rings. The maximum Gasteiger partial charge on any atom is 0.275 e. The summed E-state index contributed by atoms with van der Waals surface area (Å²) in [7, 11) is 0. The van der Waals surface area contributed by atoms with Crippen molar-refractivity contribution >= 4 is 18.3 Å². The number of halogens is 2. The first-order valence-corrected chi connectivity index (χ1v) is 9.13. The Hall–Kier alpha value is -1.96. The van der Waals surface area contributed by atoms with Gasteiger partial charge in [0.25, 0.3) is 5.91 Å². The maximum absolute atomic E-state index is 13.6. The molecule has 4 rings (SSSR count). The van der Waals surface area contributed by atoms with Crippen LogP contribution in [-0.4, -0.2) is 46.8 Å². The molecule has 2 aromatic rings. The van der Waals surface area contributed by atoms with E-state index in [1.807, 2.05) is 6.07 Å². The minimum atomic E-state index is -0.298. The zero-order valence-corrected chi connectivity index (χ0v) is 15.9. The summed E-state index contributed by atoms with van der Waals surface area (Å²) in [5.41, 5.74) is 3.19. The molecule has 0 saturated carbocycles. The Morgan fingerprint density at radius 2 is 2.30 bits per heavy atom. The number of aromatic amines is 1. The summed E-state index contributed by atoms with van der Waals surface area (Å²) in [6.45, 7) is 3.08. The van der Waals surface area contributed by atoms with E-state index in [0.717, 1.165) is 49.2 Å². The largest absolute Gasteiger partial charge is 0.376 e. The summed E-state index contributed by atoms with van der Waals surface area (Å²) in [6.07, 6.45) is 2.81. The van der Waals surface area contributed by atoms with Gasteiger partial charge < -0.3 is 15.0 Å². The molecule has 1 saturated heterocycles. The van der Waals surface area contributed by atoms with Gasteiger partial charge in [-0.15, -0.1) is 12.4 Å². The quantitative estimate of drug-likeness (QED) is 0.817. The van der Waals surface area contributed by atoms with E-state index in [4.69, 9.17) is 4.74 Å². The van der Waals surface area contributed by atoms with Crippen molar-refractivity contribution in [3.8, 4) is 0 Å². The highest BCUT2D eigenvalue weighted by molar-refractivity contribution is 5.94. The number of amides is 1. The fourth-order valence-corrected chi connectivity index (χ4v) is 3.66. The number of nitrogens with zero attached hydrogens (tertiary/aromatic N) is 2. The minimum Gasteiger partial charge on any atom is -0.376 e. The van der Waals surface area contributed by atoms with Crippen LogP contribution in [0.2, 0.25) is 0 Å². The van der Waals surface area contributed by atoms with Crippen LogP contribution in [0.1, 0.15) is 40.2 Å². The Morgan fingerprint density at radius 1 is 1.41 bits per heavy atom. The van der Waals surface area contributed by atoms with Crippen LogP contribution in [-0.2, 0) is 24.2 Å². The van der Waals surface area contributed by atoms with Crippen LogP contribution in [0, 0.1) is 5.82 Å². The van der Waals surface area contributed by atoms with E-state index in [1.165, 1.54) is 12.1 Å². The fourth-order valence-electron chi connectivity index (χ4n) is 3.66. The number of carbonyl (C=O) groups excluding carboxylic acids is 1. The zero-order chi connectivity index (χ0) is 17.9. The molecule has 6 nitrogen and oxygen atoms in total. The molecule has 1 aromatic heterocycles. The van der Waals surface area contributed by atoms with E-state index in [9.17, 15) is 9.18 Å². The number of hydrogen-bond donors (Lipinski definition) is 2. The lowest BCUT2D eigenvalue weighted by Gasteiger charge is -2.25. The molecule has 2 N–H and O–H groups in total. The normalized spacial score (nSPS) is 18.6. The number of H-pyrrole nitrogens is 1. The van der Waals surface area contributed by atoms with Crippen LogP contribution in [0.3, 0.4) is 0 Å². The lowest BCUT2D eigenvalue weighted by Crippen LogP contribution is -2.38. The predicted octanol–water partition coefficient (Wildman–Crippen LogP) is 2.44. The van der Waals surface area contributed by atoms with Crippen molar-refractivity contribution in [3.05, 3.63) is 52.6 Å². The average Bonchev–Trinajstić information content (AvgIpc) is 3.30. The van der Waals surface area contributed by atoms with Gasteiger partial charge in [-0.05, 0) is 30.5 Å². The Kier molecular flexibility index (Phi) is 6.46. The molecule has 0 radical (unpaired) electrons. The molecule has 3 heterocycles. The number of ether oxygens (including phenoxy) is 1. The second kappa shape index (κ2) is 8.82. The van der Waals surface area contributed by atoms with Crippen molar-refractivity contribution in [2.45, 2.75) is 38.5 Å². The van der Waals surface area contributed by atoms with Crippen molar-refractivity contribution in [2.24, 2.45) is 0 Å². The summed E-state index contributed by atoms with van der Waals surface area (Å²) in [4.78, 5) is 15.0. The van der Waals surface area contributed by atoms with Crippen LogP contribution in [0.5, 0.6) is 0 Å². The van der Waals surface area contributed by atoms with Gasteiger partial charge >= 0.3 is 0 Å². The molecule has 1 aromatic carbocycles. The summed E-state index contributed by atoms with van der Waals surface area (Å²) in [6, 6.07) is 6.38. The van der Waals surface area contributed by atoms with Crippen molar-refractivity contribution < 1.29 is 13.9 Å². The van der Waals surface area contributed by atoms with Gasteiger partial charge in [0.1, 0.15) is 5.82 Å². The molecular weight excluding hydrogens is 371 g/mol. The van der Waals surface area contributed by atoms with Crippen LogP contribution in [0.25, 0.3) is 0 Å². The summed E-state index contributed by atoms with van der Waals surface area (Å²) in [5.74, 6) is -0.431. The highest BCUT2D eigenvalue weighted by Gasteiger charge is 2.28. The molecule has 1 unspecified atom stereocenters. The van der Waals surface area contributed by atoms with E-state index in [1.54, 1.807) is 11.0 Å². The van der Waals surface area contributed by atoms with Crippen LogP contribution < -0.4 is 5.32 Å². The molecule has 2 aliphatic heterocycles. The summed E-state index contributed by atoms with van der Waals surface area (Å²) in [5, 5.41) is 10.6. The monoisotopic (exact) mass is 394 g/mol. The van der Waals surface area contributed by atoms with Gasteiger partial charge in [-0.3, -0.25) is 9.89 Å². The zero-order valence-electron chi connectivity index (χ0n) is 15.0. The van der Waals surface area contributed by atoms with Gasteiger partial charge in [0.2, 0.25) is 0 Å². The van der Waals surface area contributed by atoms with Gasteiger partial charge in [-0.25, -0.2) is 4.39 Å². The molecule has 27 heavy (non-hydrogen) atoms. The molecule has 0 aliphatic carbocycles. The second-order valence-corrected chi connectivity index (χ2v) is 6.91. The van der Waals surface area contributed by atoms with Gasteiger partial charge in [0.15, 0.2) is 5.69 Å². The smallest absolute Gasteiger partial charge is 0.275 e. The van der Waals surface area contributed by atoms with E-state index in [2.05, 4.69) is 15.5 Å². The number of aromatic nitrogens is 2. The van der Waals surface area contributed by atoms with Crippen LogP contribution in [0.4, 0.5) is 4.39 Å². The standard InChI is InChI=1S/C19H23FN4O2.ClH/c20-14-4-1-3-13(9-14)11-24(12-15-5-2-8-26-15)19(25)18-16-10-21-7-6-17(16)22-23-18;/h1,3-4,9,15,21H,2,5-8,10-12H2,(H,22,23);1H. The average molecular weight is 395 g/mol. The minimum absolute atomic E-state index is 0.